The van der Waals surface area contributed by atoms with Gasteiger partial charge in [0.2, 0.25) is 5.95 Å². The molecule has 1 saturated carbocycles. The smallest absolute Gasteiger partial charge is 0.224 e. The van der Waals surface area contributed by atoms with Crippen LogP contribution in [0.15, 0.2) is 10.7 Å². The Morgan fingerprint density at radius 3 is 2.74 bits per heavy atom. The first-order chi connectivity index (χ1) is 9.19. The number of aromatic nitrogens is 2. The van der Waals surface area contributed by atoms with Crippen LogP contribution in [-0.4, -0.2) is 34.1 Å². The second kappa shape index (κ2) is 6.79. The van der Waals surface area contributed by atoms with Gasteiger partial charge in [-0.15, -0.1) is 0 Å². The lowest BCUT2D eigenvalue weighted by atomic mass is 10.1. The number of thioether (sulfide) groups is 1. The summed E-state index contributed by atoms with van der Waals surface area (Å²) in [7, 11) is 0. The predicted octanol–water partition coefficient (Wildman–Crippen LogP) is 3.76. The van der Waals surface area contributed by atoms with Gasteiger partial charge >= 0.3 is 0 Å². The van der Waals surface area contributed by atoms with Crippen molar-refractivity contribution in [1.82, 2.24) is 9.97 Å². The minimum Gasteiger partial charge on any atom is -0.368 e. The SMILES string of the molecule is CCNc1ncc(Br)c(NCC2(SC)CCCC2)n1. The molecule has 1 aromatic heterocycles. The van der Waals surface area contributed by atoms with Crippen molar-refractivity contribution in [2.24, 2.45) is 0 Å². The number of nitrogens with zero attached hydrogens (tertiary/aromatic N) is 2. The van der Waals surface area contributed by atoms with Gasteiger partial charge in [-0.3, -0.25) is 0 Å². The lowest BCUT2D eigenvalue weighted by Gasteiger charge is -2.27. The van der Waals surface area contributed by atoms with Crippen molar-refractivity contribution < 1.29 is 0 Å². The minimum atomic E-state index is 0.378. The van der Waals surface area contributed by atoms with E-state index < -0.39 is 0 Å². The summed E-state index contributed by atoms with van der Waals surface area (Å²) >= 11 is 5.49. The largest absolute Gasteiger partial charge is 0.368 e. The van der Waals surface area contributed by atoms with E-state index in [1.807, 2.05) is 18.7 Å². The topological polar surface area (TPSA) is 49.8 Å². The van der Waals surface area contributed by atoms with Gasteiger partial charge in [-0.25, -0.2) is 4.98 Å². The highest BCUT2D eigenvalue weighted by Crippen LogP contribution is 2.40. The van der Waals surface area contributed by atoms with Crippen molar-refractivity contribution in [2.45, 2.75) is 37.4 Å². The zero-order valence-corrected chi connectivity index (χ0v) is 13.9. The van der Waals surface area contributed by atoms with E-state index in [1.54, 1.807) is 6.20 Å². The van der Waals surface area contributed by atoms with Crippen LogP contribution >= 0.6 is 27.7 Å². The van der Waals surface area contributed by atoms with E-state index in [4.69, 9.17) is 0 Å². The van der Waals surface area contributed by atoms with Gasteiger partial charge in [0.1, 0.15) is 5.82 Å². The highest BCUT2D eigenvalue weighted by Gasteiger charge is 2.32. The van der Waals surface area contributed by atoms with E-state index in [-0.39, 0.29) is 0 Å². The van der Waals surface area contributed by atoms with Crippen LogP contribution in [0, 0.1) is 0 Å². The molecule has 0 bridgehead atoms. The molecule has 0 aliphatic heterocycles. The quantitative estimate of drug-likeness (QED) is 0.822. The Kier molecular flexibility index (Phi) is 5.33. The average Bonchev–Trinajstić information content (AvgIpc) is 2.89. The Balaban J connectivity index is 2.03. The van der Waals surface area contributed by atoms with Crippen molar-refractivity contribution in [3.8, 4) is 0 Å². The molecule has 0 spiro atoms. The third-order valence-electron chi connectivity index (χ3n) is 3.60. The van der Waals surface area contributed by atoms with E-state index in [2.05, 4.69) is 42.8 Å². The molecule has 1 aliphatic rings. The van der Waals surface area contributed by atoms with Crippen LogP contribution in [-0.2, 0) is 0 Å². The third-order valence-corrected chi connectivity index (χ3v) is 5.60. The van der Waals surface area contributed by atoms with Crippen molar-refractivity contribution in [3.05, 3.63) is 10.7 Å². The summed E-state index contributed by atoms with van der Waals surface area (Å²) in [5.41, 5.74) is 0. The standard InChI is InChI=1S/C13H21BrN4S/c1-3-15-12-16-8-10(14)11(18-12)17-9-13(19-2)6-4-5-7-13/h8H,3-7,9H2,1-2H3,(H2,15,16,17,18). The minimum absolute atomic E-state index is 0.378. The fourth-order valence-electron chi connectivity index (χ4n) is 2.45. The predicted molar refractivity (Wildman–Crippen MR) is 87.1 cm³/mol. The second-order valence-electron chi connectivity index (χ2n) is 4.87. The molecule has 0 atom stereocenters. The van der Waals surface area contributed by atoms with Crippen LogP contribution in [0.4, 0.5) is 11.8 Å². The third kappa shape index (κ3) is 3.75. The Morgan fingerprint density at radius 1 is 1.37 bits per heavy atom. The van der Waals surface area contributed by atoms with Crippen LogP contribution in [0.3, 0.4) is 0 Å². The molecule has 4 nitrogen and oxygen atoms in total. The van der Waals surface area contributed by atoms with E-state index in [0.717, 1.165) is 23.4 Å². The van der Waals surface area contributed by atoms with Crippen LogP contribution in [0.1, 0.15) is 32.6 Å². The fraction of sp³-hybridized carbons (Fsp3) is 0.692. The normalized spacial score (nSPS) is 17.4. The summed E-state index contributed by atoms with van der Waals surface area (Å²) in [5.74, 6) is 1.56. The second-order valence-corrected chi connectivity index (χ2v) is 7.00. The van der Waals surface area contributed by atoms with Gasteiger partial charge in [-0.2, -0.15) is 16.7 Å². The van der Waals surface area contributed by atoms with Gasteiger partial charge in [0.15, 0.2) is 0 Å². The molecule has 1 aliphatic carbocycles. The van der Waals surface area contributed by atoms with Crippen LogP contribution in [0.5, 0.6) is 0 Å². The zero-order valence-electron chi connectivity index (χ0n) is 11.5. The van der Waals surface area contributed by atoms with Crippen molar-refractivity contribution >= 4 is 39.5 Å². The molecule has 19 heavy (non-hydrogen) atoms. The van der Waals surface area contributed by atoms with E-state index in [9.17, 15) is 0 Å². The first kappa shape index (κ1) is 14.9. The number of halogens is 1. The number of hydrogen-bond acceptors (Lipinski definition) is 5. The number of anilines is 2. The molecule has 0 saturated heterocycles. The highest BCUT2D eigenvalue weighted by atomic mass is 79.9. The summed E-state index contributed by atoms with van der Waals surface area (Å²) in [6.07, 6.45) is 9.29. The molecule has 1 fully saturated rings. The molecule has 106 valence electrons. The zero-order chi connectivity index (χ0) is 13.7. The molecule has 2 rings (SSSR count). The van der Waals surface area contributed by atoms with Crippen molar-refractivity contribution in [1.29, 1.82) is 0 Å². The van der Waals surface area contributed by atoms with Crippen LogP contribution in [0.25, 0.3) is 0 Å². The van der Waals surface area contributed by atoms with E-state index >= 15 is 0 Å². The van der Waals surface area contributed by atoms with Crippen LogP contribution in [0.2, 0.25) is 0 Å². The maximum absolute atomic E-state index is 4.50. The van der Waals surface area contributed by atoms with Crippen molar-refractivity contribution in [3.63, 3.8) is 0 Å². The number of rotatable bonds is 6. The molecule has 0 radical (unpaired) electrons. The number of hydrogen-bond donors (Lipinski definition) is 2. The van der Waals surface area contributed by atoms with Gasteiger partial charge < -0.3 is 10.6 Å². The molecule has 2 N–H and O–H groups in total. The monoisotopic (exact) mass is 344 g/mol. The molecule has 1 heterocycles. The summed E-state index contributed by atoms with van der Waals surface area (Å²) < 4.78 is 1.30. The maximum atomic E-state index is 4.50. The first-order valence-electron chi connectivity index (χ1n) is 6.74. The summed E-state index contributed by atoms with van der Waals surface area (Å²) in [6.45, 7) is 3.84. The van der Waals surface area contributed by atoms with Gasteiger partial charge in [-0.05, 0) is 42.0 Å². The van der Waals surface area contributed by atoms with Gasteiger partial charge in [0.05, 0.1) is 4.47 Å². The van der Waals surface area contributed by atoms with Crippen LogP contribution < -0.4 is 10.6 Å². The Bertz CT molecular complexity index is 421. The summed E-state index contributed by atoms with van der Waals surface area (Å²) in [6, 6.07) is 0. The molecule has 6 heteroatoms. The van der Waals surface area contributed by atoms with Gasteiger partial charge in [0.25, 0.3) is 0 Å². The Hall–Kier alpha value is -0.490. The van der Waals surface area contributed by atoms with Gasteiger partial charge in [0, 0.05) is 24.0 Å². The molecular formula is C13H21BrN4S. The van der Waals surface area contributed by atoms with E-state index in [1.165, 1.54) is 25.7 Å². The Labute approximate surface area is 127 Å². The molecule has 1 aromatic rings. The highest BCUT2D eigenvalue weighted by molar-refractivity contribution is 9.10. The fourth-order valence-corrected chi connectivity index (χ4v) is 3.70. The van der Waals surface area contributed by atoms with E-state index in [0.29, 0.717) is 10.7 Å². The summed E-state index contributed by atoms with van der Waals surface area (Å²) in [5, 5.41) is 6.62. The summed E-state index contributed by atoms with van der Waals surface area (Å²) in [4.78, 5) is 8.73. The first-order valence-corrected chi connectivity index (χ1v) is 8.76. The molecule has 0 amide bonds. The maximum Gasteiger partial charge on any atom is 0.224 e. The molecule has 0 aromatic carbocycles. The lowest BCUT2D eigenvalue weighted by molar-refractivity contribution is 0.638. The molecule has 0 unspecified atom stereocenters. The van der Waals surface area contributed by atoms with Gasteiger partial charge in [-0.1, -0.05) is 12.8 Å². The van der Waals surface area contributed by atoms with Crippen molar-refractivity contribution in [2.75, 3.05) is 30.0 Å². The Morgan fingerprint density at radius 2 is 2.11 bits per heavy atom. The number of nitrogens with one attached hydrogen (secondary N) is 2. The molecular weight excluding hydrogens is 324 g/mol. The average molecular weight is 345 g/mol. The lowest BCUT2D eigenvalue weighted by Crippen LogP contribution is -2.30.